The van der Waals surface area contributed by atoms with Gasteiger partial charge in [-0.1, -0.05) is 13.3 Å². The Morgan fingerprint density at radius 3 is 0.867 bits per heavy atom. The maximum Gasteiger partial charge on any atom is 0.500 e. The molecule has 0 fully saturated rings. The first-order valence-electron chi connectivity index (χ1n) is 21.1. The van der Waals surface area contributed by atoms with Crippen LogP contribution in [-0.2, 0) is 71.2 Å². The van der Waals surface area contributed by atoms with Gasteiger partial charge in [0.1, 0.15) is 0 Å². The van der Waals surface area contributed by atoms with Crippen molar-refractivity contribution in [2.75, 3.05) is 120 Å². The van der Waals surface area contributed by atoms with Crippen LogP contribution in [0, 0.1) is 10.8 Å². The molecule has 360 valence electrons. The van der Waals surface area contributed by atoms with E-state index >= 15 is 4.79 Å². The molecule has 1 amide bonds. The minimum Gasteiger partial charge on any atom is -0.377 e. The van der Waals surface area contributed by atoms with E-state index in [-0.39, 0.29) is 11.3 Å². The average molecular weight is 955 g/mol. The molecule has 0 aliphatic carbocycles. The quantitative estimate of drug-likeness (QED) is 0.0483. The third kappa shape index (κ3) is 17.7. The lowest BCUT2D eigenvalue weighted by Gasteiger charge is -2.42. The van der Waals surface area contributed by atoms with Crippen molar-refractivity contribution in [3.05, 3.63) is 0 Å². The number of rotatable bonds is 40. The third-order valence-corrected chi connectivity index (χ3v) is 26.7. The summed E-state index contributed by atoms with van der Waals surface area (Å²) < 4.78 is 87.0. The molecule has 0 saturated heterocycles. The first kappa shape index (κ1) is 60.0. The number of nitrogens with zero attached hydrogens (tertiary/aromatic N) is 1. The van der Waals surface area contributed by atoms with Crippen LogP contribution in [0.4, 0.5) is 0 Å². The predicted octanol–water partition coefficient (Wildman–Crippen LogP) is 6.51. The molecule has 0 N–H and O–H groups in total. The van der Waals surface area contributed by atoms with Crippen LogP contribution in [0.3, 0.4) is 0 Å². The summed E-state index contributed by atoms with van der Waals surface area (Å²) in [5.41, 5.74) is -1.05. The van der Waals surface area contributed by atoms with Gasteiger partial charge in [0.05, 0.1) is 0 Å². The number of amides is 1. The summed E-state index contributed by atoms with van der Waals surface area (Å²) in [5.74, 6) is 0.105. The highest BCUT2D eigenvalue weighted by Crippen LogP contribution is 2.43. The monoisotopic (exact) mass is 953 g/mol. The molecule has 0 bridgehead atoms. The summed E-state index contributed by atoms with van der Waals surface area (Å²) in [4.78, 5) is 17.8. The maximum absolute atomic E-state index is 15.7. The Morgan fingerprint density at radius 2 is 0.617 bits per heavy atom. The van der Waals surface area contributed by atoms with Gasteiger partial charge in [0, 0.05) is 155 Å². The summed E-state index contributed by atoms with van der Waals surface area (Å²) in [6.07, 6.45) is 7.91. The predicted molar refractivity (Wildman–Crippen MR) is 242 cm³/mol. The summed E-state index contributed by atoms with van der Waals surface area (Å²) in [5, 5.41) is 0. The van der Waals surface area contributed by atoms with Gasteiger partial charge in [-0.15, -0.1) is 0 Å². The molecule has 0 aromatic carbocycles. The zero-order valence-corrected chi connectivity index (χ0v) is 45.7. The van der Waals surface area contributed by atoms with Crippen LogP contribution in [0.25, 0.3) is 0 Å². The molecule has 0 rings (SSSR count). The minimum absolute atomic E-state index is 0.105. The van der Waals surface area contributed by atoms with Gasteiger partial charge in [0.25, 0.3) is 0 Å². The summed E-state index contributed by atoms with van der Waals surface area (Å²) in [6.45, 7) is 5.44. The minimum atomic E-state index is -2.95. The molecule has 0 spiro atoms. The molecule has 0 aliphatic rings. The van der Waals surface area contributed by atoms with Gasteiger partial charge in [-0.25, -0.2) is 0 Å². The van der Waals surface area contributed by atoms with E-state index in [2.05, 4.69) is 18.7 Å². The van der Waals surface area contributed by atoms with E-state index in [0.717, 1.165) is 32.1 Å². The van der Waals surface area contributed by atoms with Crippen molar-refractivity contribution in [2.45, 2.75) is 115 Å². The van der Waals surface area contributed by atoms with Crippen molar-refractivity contribution < 1.29 is 71.2 Å². The van der Waals surface area contributed by atoms with E-state index in [1.54, 1.807) is 107 Å². The fraction of sp³-hybridized carbons (Fsp3) is 0.974. The standard InChI is InChI=1S/C38H87NO16Si5/c1-18-39(35-37(2,26-21-31-57(44-6,45-7)46-8)25-19-20-30-56(41-3,42-4)43-5)36(40)38(27-22-32-58(47-9,48-10)49-11,28-23-33-59(50-12,51-13)52-14)29-24-34-60(53-15,54-16)55-17/h18-35H2,1-17H3. The molecule has 0 heterocycles. The Bertz CT molecular complexity index is 1010. The summed E-state index contributed by atoms with van der Waals surface area (Å²) in [6, 6.07) is 3.00. The van der Waals surface area contributed by atoms with Crippen LogP contribution in [-0.4, -0.2) is 175 Å². The van der Waals surface area contributed by atoms with Gasteiger partial charge in [-0.3, -0.25) is 4.79 Å². The Morgan fingerprint density at radius 1 is 0.383 bits per heavy atom. The molecule has 17 nitrogen and oxygen atoms in total. The molecule has 22 heteroatoms. The van der Waals surface area contributed by atoms with Crippen molar-refractivity contribution >= 4 is 49.9 Å². The van der Waals surface area contributed by atoms with Crippen LogP contribution in [0.5, 0.6) is 0 Å². The number of hydrogen-bond acceptors (Lipinski definition) is 16. The number of unbranched alkanes of at least 4 members (excludes halogenated alkanes) is 1. The number of carbonyl (C=O) groups excluding carboxylic acids is 1. The molecule has 0 radical (unpaired) electrons. The Labute approximate surface area is 370 Å². The lowest BCUT2D eigenvalue weighted by molar-refractivity contribution is -0.145. The van der Waals surface area contributed by atoms with Crippen LogP contribution < -0.4 is 0 Å². The second-order valence-electron chi connectivity index (χ2n) is 15.5. The highest BCUT2D eigenvalue weighted by molar-refractivity contribution is 6.62. The molecular formula is C38H87NO16Si5. The van der Waals surface area contributed by atoms with Gasteiger partial charge in [0.2, 0.25) is 5.91 Å². The first-order valence-corrected chi connectivity index (χ1v) is 30.8. The lowest BCUT2D eigenvalue weighted by atomic mass is 9.73. The van der Waals surface area contributed by atoms with E-state index in [1.165, 1.54) is 0 Å². The van der Waals surface area contributed by atoms with Gasteiger partial charge in [-0.05, 0) is 76.5 Å². The summed E-state index contributed by atoms with van der Waals surface area (Å²) >= 11 is 0. The second kappa shape index (κ2) is 30.2. The largest absolute Gasteiger partial charge is 0.500 e. The third-order valence-electron chi connectivity index (χ3n) is 12.6. The molecule has 0 aromatic heterocycles. The molecular weight excluding hydrogens is 867 g/mol. The zero-order chi connectivity index (χ0) is 46.0. The highest BCUT2D eigenvalue weighted by Gasteiger charge is 2.47. The van der Waals surface area contributed by atoms with Crippen molar-refractivity contribution in [2.24, 2.45) is 10.8 Å². The van der Waals surface area contributed by atoms with Crippen LogP contribution in [0.2, 0.25) is 30.2 Å². The molecule has 0 aliphatic heterocycles. The van der Waals surface area contributed by atoms with Gasteiger partial charge in [-0.2, -0.15) is 0 Å². The fourth-order valence-corrected chi connectivity index (χ4v) is 17.1. The van der Waals surface area contributed by atoms with Crippen molar-refractivity contribution in [3.8, 4) is 0 Å². The fourth-order valence-electron chi connectivity index (χ4n) is 8.44. The second-order valence-corrected chi connectivity index (χ2v) is 31.0. The normalized spacial score (nSPS) is 14.5. The SMILES string of the molecule is CCN(CC(C)(CCCC[Si](OC)(OC)OC)CCC[Si](OC)(OC)OC)C(=O)C(CCC[Si](OC)(OC)OC)(CCC[Si](OC)(OC)OC)CCC[Si](OC)(OC)OC. The van der Waals surface area contributed by atoms with Crippen molar-refractivity contribution in [3.63, 3.8) is 0 Å². The average Bonchev–Trinajstić information content (AvgIpc) is 3.29. The smallest absolute Gasteiger partial charge is 0.377 e. The highest BCUT2D eigenvalue weighted by atomic mass is 28.4. The number of hydrogen-bond donors (Lipinski definition) is 0. The molecule has 1 atom stereocenters. The first-order chi connectivity index (χ1) is 28.5. The van der Waals surface area contributed by atoms with Gasteiger partial charge < -0.3 is 71.3 Å². The van der Waals surface area contributed by atoms with Crippen LogP contribution in [0.1, 0.15) is 84.5 Å². The molecule has 0 saturated carbocycles. The van der Waals surface area contributed by atoms with Crippen LogP contribution in [0.15, 0.2) is 0 Å². The van der Waals surface area contributed by atoms with E-state index < -0.39 is 49.4 Å². The van der Waals surface area contributed by atoms with E-state index in [1.807, 2.05) is 0 Å². The Hall–Kier alpha value is -0.0456. The van der Waals surface area contributed by atoms with E-state index in [4.69, 9.17) is 66.4 Å². The number of carbonyl (C=O) groups is 1. The molecule has 60 heavy (non-hydrogen) atoms. The molecule has 1 unspecified atom stereocenters. The lowest BCUT2D eigenvalue weighted by Crippen LogP contribution is -2.50. The van der Waals surface area contributed by atoms with Crippen molar-refractivity contribution in [1.82, 2.24) is 4.90 Å². The van der Waals surface area contributed by atoms with Gasteiger partial charge in [0.15, 0.2) is 0 Å². The Kier molecular flexibility index (Phi) is 30.2. The topological polar surface area (TPSA) is 159 Å². The van der Waals surface area contributed by atoms with Crippen molar-refractivity contribution in [1.29, 1.82) is 0 Å². The molecule has 0 aromatic rings. The van der Waals surface area contributed by atoms with Gasteiger partial charge >= 0.3 is 44.0 Å². The zero-order valence-electron chi connectivity index (χ0n) is 40.7. The summed E-state index contributed by atoms with van der Waals surface area (Å²) in [7, 11) is 10.0. The van der Waals surface area contributed by atoms with E-state index in [9.17, 15) is 0 Å². The maximum atomic E-state index is 15.7. The Balaban J connectivity index is 7.25. The van der Waals surface area contributed by atoms with E-state index in [0.29, 0.717) is 81.8 Å². The van der Waals surface area contributed by atoms with Crippen LogP contribution >= 0.6 is 0 Å².